The van der Waals surface area contributed by atoms with E-state index in [0.717, 1.165) is 17.2 Å². The van der Waals surface area contributed by atoms with Gasteiger partial charge in [0, 0.05) is 21.7 Å². The summed E-state index contributed by atoms with van der Waals surface area (Å²) in [5.41, 5.74) is 8.76. The molecule has 3 heteroatoms. The van der Waals surface area contributed by atoms with Crippen LogP contribution in [-0.4, -0.2) is 11.8 Å². The smallest absolute Gasteiger partial charge is 0.0406 e. The molecule has 0 fully saturated rings. The van der Waals surface area contributed by atoms with Crippen molar-refractivity contribution in [3.8, 4) is 0 Å². The molecule has 2 aromatic carbocycles. The van der Waals surface area contributed by atoms with Gasteiger partial charge in [0.2, 0.25) is 0 Å². The first kappa shape index (κ1) is 14.4. The normalized spacial score (nSPS) is 12.4. The Kier molecular flexibility index (Phi) is 5.32. The van der Waals surface area contributed by atoms with E-state index in [9.17, 15) is 0 Å². The van der Waals surface area contributed by atoms with Crippen molar-refractivity contribution in [2.45, 2.75) is 24.3 Å². The van der Waals surface area contributed by atoms with Crippen LogP contribution in [0, 0.1) is 6.92 Å². The average molecular weight is 292 g/mol. The van der Waals surface area contributed by atoms with Crippen LogP contribution in [0.2, 0.25) is 5.02 Å². The van der Waals surface area contributed by atoms with Gasteiger partial charge in [0.25, 0.3) is 0 Å². The van der Waals surface area contributed by atoms with Crippen molar-refractivity contribution in [1.82, 2.24) is 0 Å². The Labute approximate surface area is 124 Å². The zero-order valence-electron chi connectivity index (χ0n) is 11.0. The van der Waals surface area contributed by atoms with E-state index in [1.54, 1.807) is 11.8 Å². The highest BCUT2D eigenvalue weighted by Gasteiger charge is 2.05. The van der Waals surface area contributed by atoms with Crippen molar-refractivity contribution in [3.63, 3.8) is 0 Å². The van der Waals surface area contributed by atoms with Crippen LogP contribution in [-0.2, 0) is 6.42 Å². The number of aryl methyl sites for hydroxylation is 1. The number of rotatable bonds is 5. The third kappa shape index (κ3) is 4.90. The lowest BCUT2D eigenvalue weighted by molar-refractivity contribution is 0.748. The first-order valence-electron chi connectivity index (χ1n) is 6.33. The molecule has 0 heterocycles. The summed E-state index contributed by atoms with van der Waals surface area (Å²) < 4.78 is 0. The summed E-state index contributed by atoms with van der Waals surface area (Å²) in [5.74, 6) is 0.912. The van der Waals surface area contributed by atoms with E-state index in [1.807, 2.05) is 24.3 Å². The second-order valence-electron chi connectivity index (χ2n) is 4.71. The molecule has 0 aromatic heterocycles. The van der Waals surface area contributed by atoms with Gasteiger partial charge in [-0.3, -0.25) is 0 Å². The maximum Gasteiger partial charge on any atom is 0.0406 e. The molecule has 0 bridgehead atoms. The molecule has 19 heavy (non-hydrogen) atoms. The molecule has 0 aliphatic heterocycles. The summed E-state index contributed by atoms with van der Waals surface area (Å²) in [6.45, 7) is 2.10. The van der Waals surface area contributed by atoms with Crippen LogP contribution in [0.15, 0.2) is 53.4 Å². The third-order valence-electron chi connectivity index (χ3n) is 2.90. The van der Waals surface area contributed by atoms with Crippen LogP contribution in [0.3, 0.4) is 0 Å². The van der Waals surface area contributed by atoms with E-state index < -0.39 is 0 Å². The largest absolute Gasteiger partial charge is 0.327 e. The minimum absolute atomic E-state index is 0.170. The van der Waals surface area contributed by atoms with Crippen LogP contribution in [0.4, 0.5) is 0 Å². The molecular weight excluding hydrogens is 274 g/mol. The van der Waals surface area contributed by atoms with Gasteiger partial charge in [-0.1, -0.05) is 41.4 Å². The van der Waals surface area contributed by atoms with Gasteiger partial charge in [-0.05, 0) is 43.2 Å². The van der Waals surface area contributed by atoms with Gasteiger partial charge in [-0.25, -0.2) is 0 Å². The number of benzene rings is 2. The fraction of sp³-hybridized carbons (Fsp3) is 0.250. The fourth-order valence-corrected chi connectivity index (χ4v) is 2.80. The minimum atomic E-state index is 0.170. The standard InChI is InChI=1S/C16H18ClNS/c1-12-2-4-13(5-3-12)10-15(18)11-19-16-8-6-14(17)7-9-16/h2-9,15H,10-11,18H2,1H3. The second-order valence-corrected chi connectivity index (χ2v) is 6.24. The molecule has 0 amide bonds. The van der Waals surface area contributed by atoms with Crippen LogP contribution in [0.5, 0.6) is 0 Å². The van der Waals surface area contributed by atoms with E-state index in [-0.39, 0.29) is 6.04 Å². The second kappa shape index (κ2) is 6.99. The highest BCUT2D eigenvalue weighted by molar-refractivity contribution is 7.99. The highest BCUT2D eigenvalue weighted by atomic mass is 35.5. The zero-order chi connectivity index (χ0) is 13.7. The monoisotopic (exact) mass is 291 g/mol. The maximum absolute atomic E-state index is 6.17. The SMILES string of the molecule is Cc1ccc(CC(N)CSc2ccc(Cl)cc2)cc1. The predicted octanol–water partition coefficient (Wildman–Crippen LogP) is 4.31. The molecule has 1 atom stereocenters. The van der Waals surface area contributed by atoms with Gasteiger partial charge in [0.05, 0.1) is 0 Å². The Morgan fingerprint density at radius 1 is 1.05 bits per heavy atom. The lowest BCUT2D eigenvalue weighted by Gasteiger charge is -2.11. The van der Waals surface area contributed by atoms with Crippen LogP contribution < -0.4 is 5.73 Å². The molecule has 0 spiro atoms. The molecule has 0 radical (unpaired) electrons. The number of hydrogen-bond donors (Lipinski definition) is 1. The number of nitrogens with two attached hydrogens (primary N) is 1. The summed E-state index contributed by atoms with van der Waals surface area (Å²) in [6, 6.07) is 16.6. The highest BCUT2D eigenvalue weighted by Crippen LogP contribution is 2.21. The van der Waals surface area contributed by atoms with Crippen molar-refractivity contribution in [2.75, 3.05) is 5.75 Å². The van der Waals surface area contributed by atoms with Crippen molar-refractivity contribution in [1.29, 1.82) is 0 Å². The molecule has 0 saturated carbocycles. The van der Waals surface area contributed by atoms with Crippen molar-refractivity contribution >= 4 is 23.4 Å². The maximum atomic E-state index is 6.17. The number of halogens is 1. The van der Waals surface area contributed by atoms with Gasteiger partial charge in [0.15, 0.2) is 0 Å². The Hall–Kier alpha value is -0.960. The van der Waals surface area contributed by atoms with Gasteiger partial charge in [-0.2, -0.15) is 0 Å². The molecule has 1 unspecified atom stereocenters. The Morgan fingerprint density at radius 3 is 2.32 bits per heavy atom. The van der Waals surface area contributed by atoms with Gasteiger partial charge in [-0.15, -0.1) is 11.8 Å². The first-order chi connectivity index (χ1) is 9.13. The number of hydrogen-bond acceptors (Lipinski definition) is 2. The van der Waals surface area contributed by atoms with Gasteiger partial charge < -0.3 is 5.73 Å². The van der Waals surface area contributed by atoms with E-state index in [4.69, 9.17) is 17.3 Å². The fourth-order valence-electron chi connectivity index (χ4n) is 1.82. The van der Waals surface area contributed by atoms with E-state index >= 15 is 0 Å². The van der Waals surface area contributed by atoms with Crippen LogP contribution in [0.1, 0.15) is 11.1 Å². The summed E-state index contributed by atoms with van der Waals surface area (Å²) in [6.07, 6.45) is 0.918. The predicted molar refractivity (Wildman–Crippen MR) is 85.0 cm³/mol. The first-order valence-corrected chi connectivity index (χ1v) is 7.69. The molecule has 0 aliphatic rings. The molecular formula is C16H18ClNS. The quantitative estimate of drug-likeness (QED) is 0.831. The zero-order valence-corrected chi connectivity index (χ0v) is 12.5. The minimum Gasteiger partial charge on any atom is -0.327 e. The molecule has 1 nitrogen and oxygen atoms in total. The Morgan fingerprint density at radius 2 is 1.68 bits per heavy atom. The van der Waals surface area contributed by atoms with Gasteiger partial charge >= 0.3 is 0 Å². The van der Waals surface area contributed by atoms with E-state index in [2.05, 4.69) is 31.2 Å². The van der Waals surface area contributed by atoms with Crippen molar-refractivity contribution in [3.05, 3.63) is 64.7 Å². The van der Waals surface area contributed by atoms with Crippen LogP contribution in [0.25, 0.3) is 0 Å². The summed E-state index contributed by atoms with van der Waals surface area (Å²) in [4.78, 5) is 1.21. The molecule has 0 aliphatic carbocycles. The molecule has 2 N–H and O–H groups in total. The number of thioether (sulfide) groups is 1. The summed E-state index contributed by atoms with van der Waals surface area (Å²) in [5, 5.41) is 0.772. The lowest BCUT2D eigenvalue weighted by Crippen LogP contribution is -2.25. The Balaban J connectivity index is 1.82. The molecule has 2 rings (SSSR count). The topological polar surface area (TPSA) is 26.0 Å². The summed E-state index contributed by atoms with van der Waals surface area (Å²) in [7, 11) is 0. The summed E-state index contributed by atoms with van der Waals surface area (Å²) >= 11 is 7.64. The third-order valence-corrected chi connectivity index (χ3v) is 4.35. The molecule has 0 saturated heterocycles. The average Bonchev–Trinajstić information content (AvgIpc) is 2.41. The molecule has 100 valence electrons. The molecule has 2 aromatic rings. The Bertz CT molecular complexity index is 507. The van der Waals surface area contributed by atoms with E-state index in [0.29, 0.717) is 0 Å². The van der Waals surface area contributed by atoms with Crippen molar-refractivity contribution in [2.24, 2.45) is 5.73 Å². The van der Waals surface area contributed by atoms with E-state index in [1.165, 1.54) is 16.0 Å². The lowest BCUT2D eigenvalue weighted by atomic mass is 10.1. The van der Waals surface area contributed by atoms with Crippen molar-refractivity contribution < 1.29 is 0 Å². The van der Waals surface area contributed by atoms with Crippen LogP contribution >= 0.6 is 23.4 Å². The van der Waals surface area contributed by atoms with Gasteiger partial charge in [0.1, 0.15) is 0 Å².